The van der Waals surface area contributed by atoms with Crippen molar-refractivity contribution in [3.8, 4) is 5.75 Å². The fourth-order valence-corrected chi connectivity index (χ4v) is 2.43. The van der Waals surface area contributed by atoms with E-state index in [9.17, 15) is 0 Å². The minimum atomic E-state index is 0.0658. The maximum Gasteiger partial charge on any atom is 0.125 e. The Morgan fingerprint density at radius 2 is 2.35 bits per heavy atom. The number of methoxy groups -OCH3 is 1. The second-order valence-corrected chi connectivity index (χ2v) is 4.84. The van der Waals surface area contributed by atoms with Gasteiger partial charge in [-0.3, -0.25) is 0 Å². The van der Waals surface area contributed by atoms with Crippen LogP contribution in [-0.4, -0.2) is 26.4 Å². The van der Waals surface area contributed by atoms with Gasteiger partial charge >= 0.3 is 0 Å². The summed E-state index contributed by atoms with van der Waals surface area (Å²) >= 11 is 6.09. The number of nitrogens with two attached hydrogens (primary N) is 1. The quantitative estimate of drug-likeness (QED) is 0.877. The zero-order valence-electron chi connectivity index (χ0n) is 10.0. The van der Waals surface area contributed by atoms with Gasteiger partial charge in [-0.15, -0.1) is 0 Å². The van der Waals surface area contributed by atoms with E-state index in [4.69, 9.17) is 26.8 Å². The Bertz CT molecular complexity index is 395. The highest BCUT2D eigenvalue weighted by Crippen LogP contribution is 2.33. The summed E-state index contributed by atoms with van der Waals surface area (Å²) in [5.41, 5.74) is 8.30. The summed E-state index contributed by atoms with van der Waals surface area (Å²) in [4.78, 5) is 0. The summed E-state index contributed by atoms with van der Waals surface area (Å²) in [6, 6.07) is 4.03. The summed E-state index contributed by atoms with van der Waals surface area (Å²) in [5.74, 6) is 1.01. The molecule has 0 saturated carbocycles. The summed E-state index contributed by atoms with van der Waals surface area (Å²) in [7, 11) is 1.67. The van der Waals surface area contributed by atoms with E-state index in [2.05, 4.69) is 0 Å². The van der Waals surface area contributed by atoms with Crippen LogP contribution in [0.2, 0.25) is 5.02 Å². The molecule has 1 aliphatic heterocycles. The largest absolute Gasteiger partial charge is 0.493 e. The number of fused-ring (bicyclic) bond motifs is 1. The summed E-state index contributed by atoms with van der Waals surface area (Å²) in [6.45, 7) is 1.34. The van der Waals surface area contributed by atoms with Gasteiger partial charge in [0.25, 0.3) is 0 Å². The molecule has 17 heavy (non-hydrogen) atoms. The van der Waals surface area contributed by atoms with Gasteiger partial charge in [0.2, 0.25) is 0 Å². The fraction of sp³-hybridized carbons (Fsp3) is 0.538. The maximum absolute atomic E-state index is 6.09. The number of ether oxygens (including phenoxy) is 2. The minimum Gasteiger partial charge on any atom is -0.493 e. The molecule has 0 spiro atoms. The van der Waals surface area contributed by atoms with E-state index in [1.807, 2.05) is 12.1 Å². The topological polar surface area (TPSA) is 44.5 Å². The van der Waals surface area contributed by atoms with Gasteiger partial charge in [-0.25, -0.2) is 0 Å². The predicted octanol–water partition coefficient (Wildman–Crippen LogP) is 2.18. The Balaban J connectivity index is 2.05. The molecule has 0 amide bonds. The Kier molecular flexibility index (Phi) is 4.26. The lowest BCUT2D eigenvalue weighted by atomic mass is 10.0. The van der Waals surface area contributed by atoms with Crippen LogP contribution in [0, 0.1) is 0 Å². The van der Waals surface area contributed by atoms with Gasteiger partial charge in [-0.1, -0.05) is 11.6 Å². The van der Waals surface area contributed by atoms with Gasteiger partial charge in [0.1, 0.15) is 5.75 Å². The molecule has 2 N–H and O–H groups in total. The van der Waals surface area contributed by atoms with Gasteiger partial charge < -0.3 is 15.2 Å². The van der Waals surface area contributed by atoms with Crippen LogP contribution in [0.5, 0.6) is 5.75 Å². The van der Waals surface area contributed by atoms with Crippen LogP contribution in [-0.2, 0) is 17.6 Å². The zero-order chi connectivity index (χ0) is 12.3. The van der Waals surface area contributed by atoms with Crippen LogP contribution in [0.25, 0.3) is 0 Å². The highest BCUT2D eigenvalue weighted by molar-refractivity contribution is 6.30. The molecule has 0 fully saturated rings. The van der Waals surface area contributed by atoms with Gasteiger partial charge in [0.15, 0.2) is 0 Å². The number of rotatable bonds is 5. The molecule has 1 heterocycles. The standard InChI is InChI=1S/C13H18ClNO2/c1-16-8-12(15)3-2-9-6-11(14)7-10-4-5-17-13(9)10/h6-7,12H,2-5,8,15H2,1H3. The smallest absolute Gasteiger partial charge is 0.125 e. The Hall–Kier alpha value is -0.770. The Labute approximate surface area is 107 Å². The van der Waals surface area contributed by atoms with Crippen molar-refractivity contribution in [2.45, 2.75) is 25.3 Å². The average Bonchev–Trinajstić information content (AvgIpc) is 2.74. The number of hydrogen-bond donors (Lipinski definition) is 1. The number of aryl methyl sites for hydroxylation is 1. The third-order valence-corrected chi connectivity index (χ3v) is 3.21. The van der Waals surface area contributed by atoms with Crippen molar-refractivity contribution in [3.05, 3.63) is 28.3 Å². The molecule has 1 aromatic rings. The monoisotopic (exact) mass is 255 g/mol. The molecular weight excluding hydrogens is 238 g/mol. The average molecular weight is 256 g/mol. The first-order valence-corrected chi connectivity index (χ1v) is 6.27. The third kappa shape index (κ3) is 3.12. The first-order valence-electron chi connectivity index (χ1n) is 5.89. The molecule has 3 nitrogen and oxygen atoms in total. The van der Waals surface area contributed by atoms with E-state index >= 15 is 0 Å². The first-order chi connectivity index (χ1) is 8.20. The van der Waals surface area contributed by atoms with E-state index in [1.54, 1.807) is 7.11 Å². The lowest BCUT2D eigenvalue weighted by molar-refractivity contribution is 0.177. The van der Waals surface area contributed by atoms with E-state index < -0.39 is 0 Å². The van der Waals surface area contributed by atoms with Crippen LogP contribution >= 0.6 is 11.6 Å². The molecule has 2 rings (SSSR count). The van der Waals surface area contributed by atoms with Crippen LogP contribution in [0.15, 0.2) is 12.1 Å². The molecule has 0 saturated heterocycles. The zero-order valence-corrected chi connectivity index (χ0v) is 10.8. The first kappa shape index (κ1) is 12.7. The molecule has 1 unspecified atom stereocenters. The van der Waals surface area contributed by atoms with Crippen LogP contribution < -0.4 is 10.5 Å². The molecule has 94 valence electrons. The highest BCUT2D eigenvalue weighted by Gasteiger charge is 2.17. The van der Waals surface area contributed by atoms with E-state index in [-0.39, 0.29) is 6.04 Å². The molecule has 4 heteroatoms. The van der Waals surface area contributed by atoms with Gasteiger partial charge in [-0.05, 0) is 36.1 Å². The molecule has 1 aliphatic rings. The van der Waals surface area contributed by atoms with Crippen molar-refractivity contribution in [1.29, 1.82) is 0 Å². The molecular formula is C13H18ClNO2. The Morgan fingerprint density at radius 3 is 3.12 bits per heavy atom. The second-order valence-electron chi connectivity index (χ2n) is 4.41. The summed E-state index contributed by atoms with van der Waals surface area (Å²) in [5, 5.41) is 0.782. The van der Waals surface area contributed by atoms with Crippen LogP contribution in [0.3, 0.4) is 0 Å². The van der Waals surface area contributed by atoms with Crippen molar-refractivity contribution in [2.24, 2.45) is 5.73 Å². The Morgan fingerprint density at radius 1 is 1.53 bits per heavy atom. The predicted molar refractivity (Wildman–Crippen MR) is 68.8 cm³/mol. The summed E-state index contributed by atoms with van der Waals surface area (Å²) in [6.07, 6.45) is 2.71. The van der Waals surface area contributed by atoms with Crippen molar-refractivity contribution in [3.63, 3.8) is 0 Å². The lowest BCUT2D eigenvalue weighted by Crippen LogP contribution is -2.26. The van der Waals surface area contributed by atoms with Crippen molar-refractivity contribution in [2.75, 3.05) is 20.3 Å². The molecule has 1 atom stereocenters. The molecule has 1 aromatic carbocycles. The maximum atomic E-state index is 6.09. The molecule has 0 bridgehead atoms. The number of hydrogen-bond acceptors (Lipinski definition) is 3. The second kappa shape index (κ2) is 5.71. The molecule has 0 radical (unpaired) electrons. The highest BCUT2D eigenvalue weighted by atomic mass is 35.5. The van der Waals surface area contributed by atoms with Crippen LogP contribution in [0.1, 0.15) is 17.5 Å². The van der Waals surface area contributed by atoms with E-state index in [1.165, 1.54) is 5.56 Å². The van der Waals surface area contributed by atoms with Gasteiger partial charge in [0.05, 0.1) is 13.2 Å². The lowest BCUT2D eigenvalue weighted by Gasteiger charge is -2.12. The van der Waals surface area contributed by atoms with Crippen molar-refractivity contribution >= 4 is 11.6 Å². The SMILES string of the molecule is COCC(N)CCc1cc(Cl)cc2c1OCC2. The number of benzene rings is 1. The third-order valence-electron chi connectivity index (χ3n) is 2.99. The van der Waals surface area contributed by atoms with Gasteiger partial charge in [-0.2, -0.15) is 0 Å². The normalized spacial score (nSPS) is 15.5. The van der Waals surface area contributed by atoms with E-state index in [0.717, 1.165) is 42.2 Å². The molecule has 0 aliphatic carbocycles. The van der Waals surface area contributed by atoms with Crippen LogP contribution in [0.4, 0.5) is 0 Å². The number of halogens is 1. The van der Waals surface area contributed by atoms with Gasteiger partial charge in [0, 0.05) is 24.6 Å². The summed E-state index contributed by atoms with van der Waals surface area (Å²) < 4.78 is 10.7. The van der Waals surface area contributed by atoms with Crippen molar-refractivity contribution in [1.82, 2.24) is 0 Å². The molecule has 0 aromatic heterocycles. The minimum absolute atomic E-state index is 0.0658. The van der Waals surface area contributed by atoms with E-state index in [0.29, 0.717) is 6.61 Å². The van der Waals surface area contributed by atoms with Crippen molar-refractivity contribution < 1.29 is 9.47 Å². The fourth-order valence-electron chi connectivity index (χ4n) is 2.17.